The molecule has 26 heavy (non-hydrogen) atoms. The van der Waals surface area contributed by atoms with E-state index in [9.17, 15) is 18.4 Å². The van der Waals surface area contributed by atoms with Crippen LogP contribution in [-0.4, -0.2) is 35.3 Å². The van der Waals surface area contributed by atoms with E-state index in [0.29, 0.717) is 17.8 Å². The first-order valence-electron chi connectivity index (χ1n) is 7.96. The fourth-order valence-corrected chi connectivity index (χ4v) is 3.02. The SMILES string of the molecule is CN(CC(=O)Nc1ccc(Br)cn1)C(=O)[C@H]1C[C@@H]1c1ccc(F)c(F)c1. The summed E-state index contributed by atoms with van der Waals surface area (Å²) in [5.74, 6) is -2.45. The lowest BCUT2D eigenvalue weighted by atomic mass is 10.1. The number of carbonyl (C=O) groups is 2. The van der Waals surface area contributed by atoms with Crippen molar-refractivity contribution in [2.75, 3.05) is 18.9 Å². The maximum atomic E-state index is 13.3. The molecule has 1 heterocycles. The second kappa shape index (κ2) is 7.49. The van der Waals surface area contributed by atoms with Crippen LogP contribution < -0.4 is 5.32 Å². The monoisotopic (exact) mass is 423 g/mol. The third kappa shape index (κ3) is 4.24. The Bertz CT molecular complexity index is 845. The van der Waals surface area contributed by atoms with Crippen LogP contribution >= 0.6 is 15.9 Å². The van der Waals surface area contributed by atoms with Crippen molar-refractivity contribution in [3.63, 3.8) is 0 Å². The standard InChI is InChI=1S/C18H16BrF2N3O2/c1-24(9-17(25)23-16-5-3-11(19)8-22-16)18(26)13-7-12(13)10-2-4-14(20)15(21)6-10/h2-6,8,12-13H,7,9H2,1H3,(H,22,23,25)/t12-,13+/m1/s1. The number of benzene rings is 1. The molecule has 1 aromatic heterocycles. The molecule has 0 spiro atoms. The molecule has 1 N–H and O–H groups in total. The summed E-state index contributed by atoms with van der Waals surface area (Å²) in [7, 11) is 1.54. The Balaban J connectivity index is 1.54. The number of aromatic nitrogens is 1. The van der Waals surface area contributed by atoms with Gasteiger partial charge in [0.15, 0.2) is 11.6 Å². The molecule has 1 aliphatic rings. The van der Waals surface area contributed by atoms with E-state index < -0.39 is 11.6 Å². The Morgan fingerprint density at radius 1 is 1.27 bits per heavy atom. The molecular formula is C18H16BrF2N3O2. The van der Waals surface area contributed by atoms with Crippen molar-refractivity contribution < 1.29 is 18.4 Å². The minimum absolute atomic E-state index is 0.114. The second-order valence-electron chi connectivity index (χ2n) is 6.23. The van der Waals surface area contributed by atoms with E-state index in [4.69, 9.17) is 0 Å². The van der Waals surface area contributed by atoms with Gasteiger partial charge in [0.25, 0.3) is 0 Å². The van der Waals surface area contributed by atoms with Crippen LogP contribution in [0.3, 0.4) is 0 Å². The highest BCUT2D eigenvalue weighted by Crippen LogP contribution is 2.48. The number of hydrogen-bond acceptors (Lipinski definition) is 3. The number of rotatable bonds is 5. The number of hydrogen-bond donors (Lipinski definition) is 1. The van der Waals surface area contributed by atoms with Crippen molar-refractivity contribution in [2.24, 2.45) is 5.92 Å². The van der Waals surface area contributed by atoms with Crippen LogP contribution in [0.5, 0.6) is 0 Å². The first-order valence-corrected chi connectivity index (χ1v) is 8.76. The molecule has 1 aliphatic carbocycles. The van der Waals surface area contributed by atoms with Crippen LogP contribution in [0.4, 0.5) is 14.6 Å². The van der Waals surface area contributed by atoms with Crippen LogP contribution in [0.2, 0.25) is 0 Å². The molecule has 0 radical (unpaired) electrons. The van der Waals surface area contributed by atoms with Gasteiger partial charge in [0.1, 0.15) is 5.82 Å². The molecule has 2 atom stereocenters. The van der Waals surface area contributed by atoms with Crippen molar-refractivity contribution >= 4 is 33.6 Å². The van der Waals surface area contributed by atoms with Crippen molar-refractivity contribution in [1.29, 1.82) is 0 Å². The normalized spacial score (nSPS) is 18.3. The molecule has 2 aromatic rings. The van der Waals surface area contributed by atoms with E-state index in [2.05, 4.69) is 26.2 Å². The van der Waals surface area contributed by atoms with Crippen LogP contribution in [-0.2, 0) is 9.59 Å². The van der Waals surface area contributed by atoms with Crippen molar-refractivity contribution in [2.45, 2.75) is 12.3 Å². The molecule has 8 heteroatoms. The Morgan fingerprint density at radius 2 is 2.04 bits per heavy atom. The fraction of sp³-hybridized carbons (Fsp3) is 0.278. The number of amides is 2. The van der Waals surface area contributed by atoms with Crippen LogP contribution in [0.15, 0.2) is 41.0 Å². The average Bonchev–Trinajstić information content (AvgIpc) is 3.39. The lowest BCUT2D eigenvalue weighted by molar-refractivity contribution is -0.134. The third-order valence-electron chi connectivity index (χ3n) is 4.23. The minimum Gasteiger partial charge on any atom is -0.336 e. The maximum absolute atomic E-state index is 13.3. The van der Waals surface area contributed by atoms with E-state index in [1.165, 1.54) is 18.0 Å². The molecule has 2 amide bonds. The van der Waals surface area contributed by atoms with E-state index in [1.807, 2.05) is 0 Å². The molecule has 0 saturated heterocycles. The van der Waals surface area contributed by atoms with Gasteiger partial charge in [-0.3, -0.25) is 9.59 Å². The van der Waals surface area contributed by atoms with E-state index in [-0.39, 0.29) is 30.2 Å². The number of likely N-dealkylation sites (N-methyl/N-ethyl adjacent to an activating group) is 1. The van der Waals surface area contributed by atoms with Gasteiger partial charge in [-0.25, -0.2) is 13.8 Å². The summed E-state index contributed by atoms with van der Waals surface area (Å²) in [5.41, 5.74) is 0.596. The number of halogens is 3. The molecule has 1 fully saturated rings. The molecule has 0 aliphatic heterocycles. The number of anilines is 1. The van der Waals surface area contributed by atoms with Gasteiger partial charge in [0.05, 0.1) is 6.54 Å². The highest BCUT2D eigenvalue weighted by atomic mass is 79.9. The Kier molecular flexibility index (Phi) is 5.31. The number of nitrogens with one attached hydrogen (secondary N) is 1. The Hall–Kier alpha value is -2.35. The first kappa shape index (κ1) is 18.4. The molecule has 5 nitrogen and oxygen atoms in total. The summed E-state index contributed by atoms with van der Waals surface area (Å²) in [4.78, 5) is 29.8. The molecule has 0 unspecified atom stereocenters. The summed E-state index contributed by atoms with van der Waals surface area (Å²) in [5, 5.41) is 2.61. The predicted molar refractivity (Wildman–Crippen MR) is 95.4 cm³/mol. The zero-order valence-electron chi connectivity index (χ0n) is 13.9. The van der Waals surface area contributed by atoms with Crippen molar-refractivity contribution in [3.8, 4) is 0 Å². The molecule has 1 saturated carbocycles. The number of pyridine rings is 1. The molecule has 0 bridgehead atoms. The topological polar surface area (TPSA) is 62.3 Å². The smallest absolute Gasteiger partial charge is 0.245 e. The van der Waals surface area contributed by atoms with Gasteiger partial charge >= 0.3 is 0 Å². The van der Waals surface area contributed by atoms with Gasteiger partial charge in [-0.15, -0.1) is 0 Å². The summed E-state index contributed by atoms with van der Waals surface area (Å²) in [6, 6.07) is 7.06. The van der Waals surface area contributed by atoms with E-state index >= 15 is 0 Å². The Morgan fingerprint density at radius 3 is 2.69 bits per heavy atom. The lowest BCUT2D eigenvalue weighted by Crippen LogP contribution is -2.36. The van der Waals surface area contributed by atoms with Gasteiger partial charge in [0.2, 0.25) is 11.8 Å². The average molecular weight is 424 g/mol. The highest BCUT2D eigenvalue weighted by Gasteiger charge is 2.45. The van der Waals surface area contributed by atoms with Gasteiger partial charge in [0, 0.05) is 23.6 Å². The zero-order valence-corrected chi connectivity index (χ0v) is 15.5. The van der Waals surface area contributed by atoms with Crippen molar-refractivity contribution in [3.05, 3.63) is 58.2 Å². The van der Waals surface area contributed by atoms with Crippen molar-refractivity contribution in [1.82, 2.24) is 9.88 Å². The van der Waals surface area contributed by atoms with Gasteiger partial charge in [-0.05, 0) is 58.1 Å². The van der Waals surface area contributed by atoms with Crippen LogP contribution in [0.1, 0.15) is 17.9 Å². The van der Waals surface area contributed by atoms with Crippen LogP contribution in [0, 0.1) is 17.6 Å². The maximum Gasteiger partial charge on any atom is 0.245 e. The first-order chi connectivity index (χ1) is 12.3. The Labute approximate surface area is 157 Å². The molecule has 1 aromatic carbocycles. The summed E-state index contributed by atoms with van der Waals surface area (Å²) in [6.45, 7) is -0.114. The summed E-state index contributed by atoms with van der Waals surface area (Å²) >= 11 is 3.25. The van der Waals surface area contributed by atoms with E-state index in [1.54, 1.807) is 18.3 Å². The summed E-state index contributed by atoms with van der Waals surface area (Å²) in [6.07, 6.45) is 2.12. The van der Waals surface area contributed by atoms with Gasteiger partial charge < -0.3 is 10.2 Å². The quantitative estimate of drug-likeness (QED) is 0.801. The predicted octanol–water partition coefficient (Wildman–Crippen LogP) is 3.32. The van der Waals surface area contributed by atoms with Gasteiger partial charge in [-0.2, -0.15) is 0 Å². The van der Waals surface area contributed by atoms with Gasteiger partial charge in [-0.1, -0.05) is 6.07 Å². The lowest BCUT2D eigenvalue weighted by Gasteiger charge is -2.17. The third-order valence-corrected chi connectivity index (χ3v) is 4.70. The largest absolute Gasteiger partial charge is 0.336 e. The molecule has 136 valence electrons. The fourth-order valence-electron chi connectivity index (χ4n) is 2.79. The number of carbonyl (C=O) groups excluding carboxylic acids is 2. The summed E-state index contributed by atoms with van der Waals surface area (Å²) < 4.78 is 27.1. The molecular weight excluding hydrogens is 408 g/mol. The van der Waals surface area contributed by atoms with E-state index in [0.717, 1.165) is 16.6 Å². The zero-order chi connectivity index (χ0) is 18.8. The highest BCUT2D eigenvalue weighted by molar-refractivity contribution is 9.10. The number of nitrogens with zero attached hydrogens (tertiary/aromatic N) is 2. The second-order valence-corrected chi connectivity index (χ2v) is 7.14. The minimum atomic E-state index is -0.921. The van der Waals surface area contributed by atoms with Crippen LogP contribution in [0.25, 0.3) is 0 Å². The molecule has 3 rings (SSSR count).